The van der Waals surface area contributed by atoms with Crippen molar-refractivity contribution >= 4 is 11.9 Å². The molecule has 6 aliphatic rings. The van der Waals surface area contributed by atoms with Crippen molar-refractivity contribution in [2.24, 2.45) is 28.6 Å². The van der Waals surface area contributed by atoms with E-state index < -0.39 is 106 Å². The summed E-state index contributed by atoms with van der Waals surface area (Å²) >= 11 is 0. The molecule has 47 heavy (non-hydrogen) atoms. The van der Waals surface area contributed by atoms with E-state index >= 15 is 0 Å². The quantitative estimate of drug-likeness (QED) is 0.256. The second kappa shape index (κ2) is 10.9. The zero-order valence-corrected chi connectivity index (χ0v) is 27.7. The van der Waals surface area contributed by atoms with Crippen molar-refractivity contribution in [2.45, 2.75) is 86.2 Å². The molecule has 4 N–H and O–H groups in total. The largest absolute Gasteiger partial charge is 0.455 e. The zero-order valence-electron chi connectivity index (χ0n) is 27.7. The first-order chi connectivity index (χ1) is 22.3. The van der Waals surface area contributed by atoms with Crippen LogP contribution in [0.25, 0.3) is 0 Å². The van der Waals surface area contributed by atoms with Gasteiger partial charge in [0, 0.05) is 83.5 Å². The first kappa shape index (κ1) is 33.3. The van der Waals surface area contributed by atoms with Crippen LogP contribution in [0.1, 0.15) is 37.0 Å². The van der Waals surface area contributed by atoms with Crippen molar-refractivity contribution in [3.63, 3.8) is 0 Å². The van der Waals surface area contributed by atoms with Crippen LogP contribution >= 0.6 is 0 Å². The number of nitrogens with zero attached hydrogens (tertiary/aromatic N) is 1. The highest BCUT2D eigenvalue weighted by Crippen LogP contribution is 2.81. The summed E-state index contributed by atoms with van der Waals surface area (Å²) in [6.45, 7) is 4.15. The summed E-state index contributed by atoms with van der Waals surface area (Å²) in [6.07, 6.45) is -7.38. The van der Waals surface area contributed by atoms with Gasteiger partial charge in [0.05, 0.1) is 42.0 Å². The number of rotatable bonds is 9. The molecule has 6 fully saturated rings. The zero-order chi connectivity index (χ0) is 33.9. The lowest BCUT2D eigenvalue weighted by Crippen LogP contribution is -2.85. The SMILES string of the molecule is CCN1C[C@]2(COC)[C@H](O)C[C@H](OC)C34C1C([C@H](OC)[C@@H]32)[C@]1(OC(C)=O)[C@H]2C(OC(=O)c3ccccc3)[C@](O)(C[C@]24O)[C@@H](OC)[C@@H]1O. The number of fused-ring (bicyclic) bond motifs is 2. The van der Waals surface area contributed by atoms with Crippen LogP contribution in [0, 0.1) is 28.6 Å². The summed E-state index contributed by atoms with van der Waals surface area (Å²) in [4.78, 5) is 29.2. The fourth-order valence-electron chi connectivity index (χ4n) is 12.3. The Balaban J connectivity index is 1.57. The summed E-state index contributed by atoms with van der Waals surface area (Å²) in [7, 11) is 5.94. The standard InChI is InChI=1S/C34H47NO12/c1-7-35-15-30(16-42-3)19(37)13-20(43-4)33-23(30)22(44-5)21(25(33)35)34(47-17(2)36)24-27(46-29(39)18-11-9-8-10-12-18)31(40,14-32(24,33)41)28(45-6)26(34)38/h8-12,19-28,37-38,40-41H,7,13-16H2,1-6H3/t19-,20+,21?,22+,23-,24+,25?,26+,27?,28+,30+,31-,32+,33?,34+/m1/s1. The van der Waals surface area contributed by atoms with Gasteiger partial charge in [0.2, 0.25) is 0 Å². The van der Waals surface area contributed by atoms with Gasteiger partial charge in [-0.3, -0.25) is 9.69 Å². The van der Waals surface area contributed by atoms with Crippen molar-refractivity contribution in [3.05, 3.63) is 35.9 Å². The van der Waals surface area contributed by atoms with Crippen molar-refractivity contribution in [2.75, 3.05) is 48.1 Å². The second-order valence-electron chi connectivity index (χ2n) is 14.6. The fraction of sp³-hybridized carbons (Fsp3) is 0.765. The monoisotopic (exact) mass is 661 g/mol. The van der Waals surface area contributed by atoms with Gasteiger partial charge >= 0.3 is 11.9 Å². The van der Waals surface area contributed by atoms with E-state index in [9.17, 15) is 30.0 Å². The topological polar surface area (TPSA) is 174 Å². The third-order valence-corrected chi connectivity index (χ3v) is 13.2. The Hall–Kier alpha value is -2.20. The lowest BCUT2D eigenvalue weighted by Gasteiger charge is -2.72. The number of methoxy groups -OCH3 is 4. The fourth-order valence-corrected chi connectivity index (χ4v) is 12.3. The third kappa shape index (κ3) is 3.65. The van der Waals surface area contributed by atoms with Crippen LogP contribution < -0.4 is 0 Å². The molecule has 1 aliphatic heterocycles. The van der Waals surface area contributed by atoms with Gasteiger partial charge in [-0.05, 0) is 18.7 Å². The van der Waals surface area contributed by atoms with E-state index in [1.807, 2.05) is 6.92 Å². The van der Waals surface area contributed by atoms with Gasteiger partial charge in [0.1, 0.15) is 23.9 Å². The van der Waals surface area contributed by atoms with Crippen molar-refractivity contribution in [1.82, 2.24) is 4.90 Å². The summed E-state index contributed by atoms with van der Waals surface area (Å²) in [5.41, 5.74) is -8.15. The second-order valence-corrected chi connectivity index (χ2v) is 14.6. The lowest BCUT2D eigenvalue weighted by molar-refractivity contribution is -0.355. The van der Waals surface area contributed by atoms with E-state index in [1.165, 1.54) is 28.3 Å². The van der Waals surface area contributed by atoms with Crippen LogP contribution in [0.4, 0.5) is 0 Å². The third-order valence-electron chi connectivity index (χ3n) is 13.2. The number of carbonyl (C=O) groups excluding carboxylic acids is 2. The lowest BCUT2D eigenvalue weighted by atomic mass is 9.40. The Morgan fingerprint density at radius 3 is 2.26 bits per heavy atom. The number of likely N-dealkylation sites (tertiary alicyclic amines) is 1. The highest BCUT2D eigenvalue weighted by Gasteiger charge is 2.96. The Labute approximate surface area is 274 Å². The van der Waals surface area contributed by atoms with E-state index in [1.54, 1.807) is 37.4 Å². The molecule has 13 nitrogen and oxygen atoms in total. The molecule has 15 atom stereocenters. The minimum Gasteiger partial charge on any atom is -0.455 e. The number of hydrogen-bond donors (Lipinski definition) is 4. The number of benzene rings is 1. The summed E-state index contributed by atoms with van der Waals surface area (Å²) in [6, 6.07) is 7.64. The van der Waals surface area contributed by atoms with Crippen LogP contribution in [0.2, 0.25) is 0 Å². The van der Waals surface area contributed by atoms with Gasteiger partial charge in [0.15, 0.2) is 5.60 Å². The number of piperidine rings is 1. The maximum Gasteiger partial charge on any atom is 0.338 e. The van der Waals surface area contributed by atoms with Gasteiger partial charge < -0.3 is 48.8 Å². The molecule has 1 heterocycles. The molecule has 1 aromatic carbocycles. The highest BCUT2D eigenvalue weighted by molar-refractivity contribution is 5.89. The number of aliphatic hydroxyl groups is 4. The van der Waals surface area contributed by atoms with E-state index in [4.69, 9.17) is 28.4 Å². The average molecular weight is 662 g/mol. The molecular formula is C34H47NO12. The van der Waals surface area contributed by atoms with E-state index in [0.29, 0.717) is 13.1 Å². The van der Waals surface area contributed by atoms with Crippen LogP contribution in [-0.2, 0) is 33.2 Å². The maximum absolute atomic E-state index is 13.8. The van der Waals surface area contributed by atoms with Gasteiger partial charge in [-0.25, -0.2) is 4.79 Å². The van der Waals surface area contributed by atoms with Crippen molar-refractivity contribution < 1.29 is 58.4 Å². The Bertz CT molecular complexity index is 1410. The van der Waals surface area contributed by atoms with Gasteiger partial charge in [-0.15, -0.1) is 0 Å². The highest BCUT2D eigenvalue weighted by atomic mass is 16.6. The molecule has 13 heteroatoms. The summed E-state index contributed by atoms with van der Waals surface area (Å²) in [5.74, 6) is -4.34. The molecule has 7 rings (SSSR count). The predicted octanol–water partition coefficient (Wildman–Crippen LogP) is -0.237. The van der Waals surface area contributed by atoms with Crippen molar-refractivity contribution in [3.8, 4) is 0 Å². The van der Waals surface area contributed by atoms with Gasteiger partial charge in [0.25, 0.3) is 0 Å². The van der Waals surface area contributed by atoms with Gasteiger partial charge in [-0.1, -0.05) is 25.1 Å². The maximum atomic E-state index is 13.8. The van der Waals surface area contributed by atoms with E-state index in [2.05, 4.69) is 4.90 Å². The molecule has 260 valence electrons. The first-order valence-electron chi connectivity index (χ1n) is 16.4. The predicted molar refractivity (Wildman–Crippen MR) is 162 cm³/mol. The van der Waals surface area contributed by atoms with Crippen LogP contribution in [0.15, 0.2) is 30.3 Å². The number of carbonyl (C=O) groups is 2. The Morgan fingerprint density at radius 2 is 1.68 bits per heavy atom. The Kier molecular flexibility index (Phi) is 7.72. The Morgan fingerprint density at radius 1 is 0.979 bits per heavy atom. The number of esters is 2. The summed E-state index contributed by atoms with van der Waals surface area (Å²) in [5, 5.41) is 51.1. The van der Waals surface area contributed by atoms with Gasteiger partial charge in [-0.2, -0.15) is 0 Å². The molecule has 0 aromatic heterocycles. The molecule has 0 amide bonds. The minimum atomic E-state index is -2.12. The molecule has 1 saturated heterocycles. The first-order valence-corrected chi connectivity index (χ1v) is 16.4. The average Bonchev–Trinajstić information content (AvgIpc) is 3.39. The molecular weight excluding hydrogens is 614 g/mol. The normalized spacial score (nSPS) is 50.7. The minimum absolute atomic E-state index is 0.119. The van der Waals surface area contributed by atoms with E-state index in [-0.39, 0.29) is 18.6 Å². The number of hydrogen-bond acceptors (Lipinski definition) is 13. The summed E-state index contributed by atoms with van der Waals surface area (Å²) < 4.78 is 36.9. The molecule has 4 unspecified atom stereocenters. The molecule has 1 spiro atoms. The number of ether oxygens (including phenoxy) is 6. The van der Waals surface area contributed by atoms with Crippen LogP contribution in [-0.4, -0.2) is 145 Å². The van der Waals surface area contributed by atoms with Crippen LogP contribution in [0.5, 0.6) is 0 Å². The molecule has 5 aliphatic carbocycles. The van der Waals surface area contributed by atoms with E-state index in [0.717, 1.165) is 0 Å². The van der Waals surface area contributed by atoms with Crippen LogP contribution in [0.3, 0.4) is 0 Å². The smallest absolute Gasteiger partial charge is 0.338 e. The molecule has 7 bridgehead atoms. The molecule has 5 saturated carbocycles. The number of aliphatic hydroxyl groups excluding tert-OH is 2. The van der Waals surface area contributed by atoms with Crippen molar-refractivity contribution in [1.29, 1.82) is 0 Å². The molecule has 1 aromatic rings. The molecule has 0 radical (unpaired) electrons.